The molecule has 5 nitrogen and oxygen atoms in total. The van der Waals surface area contributed by atoms with Gasteiger partial charge in [-0.25, -0.2) is 0 Å². The largest absolute Gasteiger partial charge is 0 e. The van der Waals surface area contributed by atoms with E-state index in [4.69, 9.17) is 14.7 Å². The second kappa shape index (κ2) is 1.37. The Kier molecular flexibility index (Phi) is 1.52. The Morgan fingerprint density at radius 1 is 1.00 bits per heavy atom. The Hall–Kier alpha value is 0.749. The van der Waals surface area contributed by atoms with Crippen LogP contribution in [0.1, 0.15) is 0 Å². The normalized spacial score (nSPS) is 36.7. The summed E-state index contributed by atoms with van der Waals surface area (Å²) >= 11 is 0. The molecular weight excluding hydrogens is 166 g/mol. The molecule has 0 aliphatic carbocycles. The number of rotatable bonds is 0. The first-order valence-electron chi connectivity index (χ1n) is 1.13. The Labute approximate surface area is 49.6 Å². The van der Waals surface area contributed by atoms with Crippen LogP contribution in [-0.2, 0) is 26.4 Å². The smallest absolute Gasteiger partial charge is 0 e. The monoisotopic (exact) mass is 169 g/mol. The second-order valence-electron chi connectivity index (χ2n) is 0.982. The van der Waals surface area contributed by atoms with Crippen LogP contribution < -0.4 is 0 Å². The summed E-state index contributed by atoms with van der Waals surface area (Å²) in [5, 5.41) is 0. The summed E-state index contributed by atoms with van der Waals surface area (Å²) in [5.41, 5.74) is 0. The van der Waals surface area contributed by atoms with Crippen LogP contribution in [-0.4, -0.2) is 14.7 Å². The fourth-order valence-corrected chi connectivity index (χ4v) is 0.402. The molecule has 1 saturated heterocycles. The summed E-state index contributed by atoms with van der Waals surface area (Å²) in [7, 11) is -4.80. The third kappa shape index (κ3) is 2.54. The number of hydrogen-bond donors (Lipinski definition) is 3. The van der Waals surface area contributed by atoms with E-state index in [1.807, 2.05) is 0 Å². The molecule has 7 heavy (non-hydrogen) atoms. The Balaban J connectivity index is 0.000000360. The van der Waals surface area contributed by atoms with Gasteiger partial charge in [0, 0.05) is 17.1 Å². The fourth-order valence-electron chi connectivity index (χ4n) is 0.0447. The Bertz CT molecular complexity index is 71.8. The summed E-state index contributed by atoms with van der Waals surface area (Å²) in [5.74, 6) is 0. The van der Waals surface area contributed by atoms with Crippen molar-refractivity contribution < 1.29 is 41.1 Å². The van der Waals surface area contributed by atoms with E-state index >= 15 is 0 Å². The molecule has 3 N–H and O–H groups in total. The van der Waals surface area contributed by atoms with Crippen molar-refractivity contribution >= 4 is 7.74 Å². The van der Waals surface area contributed by atoms with Gasteiger partial charge in [-0.05, 0) is 0 Å². The first kappa shape index (κ1) is 7.75. The maximum absolute atomic E-state index is 7.89. The number of hydrogen-bond acceptors (Lipinski definition) is 5. The van der Waals surface area contributed by atoms with Crippen LogP contribution in [0.2, 0.25) is 0 Å². The van der Waals surface area contributed by atoms with E-state index in [2.05, 4.69) is 9.35 Å². The summed E-state index contributed by atoms with van der Waals surface area (Å²) < 4.78 is 6.76. The van der Waals surface area contributed by atoms with Crippen LogP contribution in [0.4, 0.5) is 0 Å². The molecule has 0 aromatic rings. The minimum atomic E-state index is -4.80. The molecule has 7 heteroatoms. The molecule has 45 valence electrons. The SMILES string of the molecule is OP1(O)(O)OO1.[Mn]. The molecule has 0 amide bonds. The molecule has 1 rings (SSSR count). The van der Waals surface area contributed by atoms with Gasteiger partial charge in [0.1, 0.15) is 0 Å². The molecular formula is H3MnO5P. The predicted molar refractivity (Wildman–Crippen MR) is 15.7 cm³/mol. The Morgan fingerprint density at radius 3 is 1.14 bits per heavy atom. The van der Waals surface area contributed by atoms with Crippen molar-refractivity contribution in [3.63, 3.8) is 0 Å². The molecule has 1 heterocycles. The summed E-state index contributed by atoms with van der Waals surface area (Å²) in [6.07, 6.45) is 0. The topological polar surface area (TPSA) is 85.8 Å². The first-order chi connectivity index (χ1) is 2.47. The predicted octanol–water partition coefficient (Wildman–Crippen LogP) is -0.949. The average Bonchev–Trinajstić information content (AvgIpc) is 1.73. The van der Waals surface area contributed by atoms with Gasteiger partial charge >= 0.3 is 31.8 Å². The summed E-state index contributed by atoms with van der Waals surface area (Å²) in [4.78, 5) is 23.7. The second-order valence-corrected chi connectivity index (χ2v) is 2.95. The van der Waals surface area contributed by atoms with Gasteiger partial charge in [-0.15, -0.1) is 0 Å². The fraction of sp³-hybridized carbons (Fsp3) is 0. The van der Waals surface area contributed by atoms with Crippen molar-refractivity contribution in [3.8, 4) is 0 Å². The van der Waals surface area contributed by atoms with E-state index < -0.39 is 7.74 Å². The van der Waals surface area contributed by atoms with Crippen molar-refractivity contribution in [1.82, 2.24) is 0 Å². The van der Waals surface area contributed by atoms with E-state index in [1.54, 1.807) is 0 Å². The van der Waals surface area contributed by atoms with Crippen molar-refractivity contribution in [2.75, 3.05) is 0 Å². The van der Waals surface area contributed by atoms with Crippen molar-refractivity contribution in [2.24, 2.45) is 0 Å². The molecule has 0 aromatic heterocycles. The maximum Gasteiger partial charge on any atom is 0 e. The zero-order chi connectivity index (χ0) is 4.86. The molecule has 1 aliphatic rings. The third-order valence-corrected chi connectivity index (χ3v) is 0.824. The van der Waals surface area contributed by atoms with Gasteiger partial charge in [-0.3, -0.25) is 0 Å². The minimum Gasteiger partial charge on any atom is 0 e. The van der Waals surface area contributed by atoms with Gasteiger partial charge in [0.15, 0.2) is 0 Å². The van der Waals surface area contributed by atoms with E-state index in [9.17, 15) is 0 Å². The zero-order valence-corrected chi connectivity index (χ0v) is 5.06. The molecule has 1 aliphatic heterocycles. The molecule has 1 radical (unpaired) electrons. The van der Waals surface area contributed by atoms with E-state index in [0.717, 1.165) is 0 Å². The van der Waals surface area contributed by atoms with E-state index in [0.29, 0.717) is 0 Å². The van der Waals surface area contributed by atoms with Crippen molar-refractivity contribution in [1.29, 1.82) is 0 Å². The summed E-state index contributed by atoms with van der Waals surface area (Å²) in [6, 6.07) is 0. The molecule has 0 spiro atoms. The molecule has 0 saturated carbocycles. The Morgan fingerprint density at radius 2 is 1.14 bits per heavy atom. The van der Waals surface area contributed by atoms with E-state index in [1.165, 1.54) is 0 Å². The van der Waals surface area contributed by atoms with Gasteiger partial charge in [0.25, 0.3) is 0 Å². The maximum atomic E-state index is 7.89. The van der Waals surface area contributed by atoms with Crippen LogP contribution in [0, 0.1) is 0 Å². The minimum absolute atomic E-state index is 0. The van der Waals surface area contributed by atoms with Gasteiger partial charge in [-0.2, -0.15) is 0 Å². The molecule has 0 unspecified atom stereocenters. The van der Waals surface area contributed by atoms with Crippen LogP contribution in [0.3, 0.4) is 0 Å². The van der Waals surface area contributed by atoms with E-state index in [-0.39, 0.29) is 17.1 Å². The quantitative estimate of drug-likeness (QED) is 0.188. The third-order valence-electron chi connectivity index (χ3n) is 0.275. The molecule has 0 atom stereocenters. The molecule has 0 bridgehead atoms. The summed E-state index contributed by atoms with van der Waals surface area (Å²) in [6.45, 7) is 0. The van der Waals surface area contributed by atoms with Gasteiger partial charge in [0.2, 0.25) is 0 Å². The molecule has 0 aromatic carbocycles. The van der Waals surface area contributed by atoms with Crippen LogP contribution in [0.25, 0.3) is 0 Å². The standard InChI is InChI=1S/Mn.H3O5P/c;1-6(2,3)4-5-6/h;1-3H. The molecule has 1 fully saturated rings. The average molecular weight is 169 g/mol. The van der Waals surface area contributed by atoms with Crippen LogP contribution >= 0.6 is 7.74 Å². The van der Waals surface area contributed by atoms with Crippen molar-refractivity contribution in [2.45, 2.75) is 0 Å². The van der Waals surface area contributed by atoms with Gasteiger partial charge in [0.05, 0.1) is 0 Å². The van der Waals surface area contributed by atoms with Gasteiger partial charge in [-0.1, -0.05) is 0 Å². The van der Waals surface area contributed by atoms with Crippen LogP contribution in [0.5, 0.6) is 0 Å². The van der Waals surface area contributed by atoms with Crippen LogP contribution in [0.15, 0.2) is 0 Å². The zero-order valence-electron chi connectivity index (χ0n) is 2.98. The first-order valence-corrected chi connectivity index (χ1v) is 3.06. The van der Waals surface area contributed by atoms with Gasteiger partial charge < -0.3 is 0 Å². The van der Waals surface area contributed by atoms with Crippen molar-refractivity contribution in [3.05, 3.63) is 0 Å².